The normalized spacial score (nSPS) is 16.5. The topological polar surface area (TPSA) is 42.4 Å². The molecule has 4 nitrogen and oxygen atoms in total. The Bertz CT molecular complexity index is 1100. The second-order valence-corrected chi connectivity index (χ2v) is 9.78. The molecule has 1 aromatic heterocycles. The number of likely N-dealkylation sites (tertiary alicyclic amines) is 1. The SMILES string of the molecule is Cc1cccc(Cc2ccc(C3CCCN(C(=O)C(C)(C)Oc4cccc(C)c4)C3)nc2)c1. The Labute approximate surface area is 197 Å². The molecule has 1 fully saturated rings. The standard InChI is InChI=1S/C29H34N2O2/c1-21-8-5-10-23(16-21)18-24-13-14-27(30-19-24)25-11-7-15-31(20-25)28(32)29(3,4)33-26-12-6-9-22(2)17-26/h5-6,8-10,12-14,16-17,19,25H,7,11,15,18,20H2,1-4H3. The van der Waals surface area contributed by atoms with Crippen LogP contribution in [0.5, 0.6) is 5.75 Å². The quantitative estimate of drug-likeness (QED) is 0.481. The maximum atomic E-state index is 13.4. The summed E-state index contributed by atoms with van der Waals surface area (Å²) < 4.78 is 6.11. The highest BCUT2D eigenvalue weighted by molar-refractivity contribution is 5.85. The van der Waals surface area contributed by atoms with Crippen molar-refractivity contribution in [2.24, 2.45) is 0 Å². The van der Waals surface area contributed by atoms with E-state index in [1.807, 2.05) is 56.1 Å². The van der Waals surface area contributed by atoms with Gasteiger partial charge in [-0.2, -0.15) is 0 Å². The molecule has 33 heavy (non-hydrogen) atoms. The predicted octanol–water partition coefficient (Wildman–Crippen LogP) is 5.85. The molecule has 2 heterocycles. The molecule has 2 aromatic carbocycles. The maximum absolute atomic E-state index is 13.4. The van der Waals surface area contributed by atoms with Crippen LogP contribution < -0.4 is 4.74 Å². The highest BCUT2D eigenvalue weighted by Gasteiger charge is 2.37. The lowest BCUT2D eigenvalue weighted by atomic mass is 9.92. The van der Waals surface area contributed by atoms with Crippen molar-refractivity contribution in [3.63, 3.8) is 0 Å². The lowest BCUT2D eigenvalue weighted by molar-refractivity contribution is -0.146. The van der Waals surface area contributed by atoms with Crippen molar-refractivity contribution in [3.8, 4) is 5.75 Å². The number of hydrogen-bond donors (Lipinski definition) is 0. The minimum absolute atomic E-state index is 0.0322. The summed E-state index contributed by atoms with van der Waals surface area (Å²) in [5, 5.41) is 0. The van der Waals surface area contributed by atoms with Crippen LogP contribution in [0.4, 0.5) is 0 Å². The van der Waals surface area contributed by atoms with E-state index in [0.717, 1.165) is 42.8 Å². The fourth-order valence-electron chi connectivity index (χ4n) is 4.64. The van der Waals surface area contributed by atoms with E-state index >= 15 is 0 Å². The van der Waals surface area contributed by atoms with E-state index in [1.165, 1.54) is 16.7 Å². The summed E-state index contributed by atoms with van der Waals surface area (Å²) in [5.74, 6) is 1.02. The molecule has 4 rings (SSSR count). The number of carbonyl (C=O) groups excluding carboxylic acids is 1. The van der Waals surface area contributed by atoms with Gasteiger partial charge in [0.1, 0.15) is 5.75 Å². The summed E-state index contributed by atoms with van der Waals surface area (Å²) in [6.45, 7) is 9.31. The molecule has 0 aliphatic carbocycles. The highest BCUT2D eigenvalue weighted by Crippen LogP contribution is 2.29. The molecule has 0 bridgehead atoms. The van der Waals surface area contributed by atoms with Gasteiger partial charge in [-0.25, -0.2) is 0 Å². The summed E-state index contributed by atoms with van der Waals surface area (Å²) in [6.07, 6.45) is 4.90. The van der Waals surface area contributed by atoms with Crippen molar-refractivity contribution >= 4 is 5.91 Å². The number of ether oxygens (including phenoxy) is 1. The predicted molar refractivity (Wildman–Crippen MR) is 133 cm³/mol. The average Bonchev–Trinajstić information content (AvgIpc) is 2.79. The first-order valence-corrected chi connectivity index (χ1v) is 11.9. The summed E-state index contributed by atoms with van der Waals surface area (Å²) in [5.41, 5.74) is 5.05. The molecule has 172 valence electrons. The van der Waals surface area contributed by atoms with E-state index in [1.54, 1.807) is 0 Å². The Morgan fingerprint density at radius 1 is 1.03 bits per heavy atom. The summed E-state index contributed by atoms with van der Waals surface area (Å²) in [6, 6.07) is 20.8. The fraction of sp³-hybridized carbons (Fsp3) is 0.379. The lowest BCUT2D eigenvalue weighted by Gasteiger charge is -2.37. The zero-order chi connectivity index (χ0) is 23.4. The van der Waals surface area contributed by atoms with Gasteiger partial charge < -0.3 is 9.64 Å². The molecule has 0 spiro atoms. The minimum Gasteiger partial charge on any atom is -0.478 e. The molecule has 3 aromatic rings. The van der Waals surface area contributed by atoms with Crippen molar-refractivity contribution in [2.75, 3.05) is 13.1 Å². The van der Waals surface area contributed by atoms with Crippen LogP contribution in [0.25, 0.3) is 0 Å². The van der Waals surface area contributed by atoms with Gasteiger partial charge in [-0.3, -0.25) is 9.78 Å². The van der Waals surface area contributed by atoms with Gasteiger partial charge in [0.2, 0.25) is 0 Å². The molecule has 1 aliphatic rings. The van der Waals surface area contributed by atoms with E-state index in [0.29, 0.717) is 6.54 Å². The van der Waals surface area contributed by atoms with Crippen LogP contribution in [-0.4, -0.2) is 34.5 Å². The van der Waals surface area contributed by atoms with Crippen LogP contribution >= 0.6 is 0 Å². The summed E-state index contributed by atoms with van der Waals surface area (Å²) in [7, 11) is 0. The van der Waals surface area contributed by atoms with Crippen LogP contribution in [0.15, 0.2) is 66.9 Å². The number of aryl methyl sites for hydroxylation is 2. The first kappa shape index (κ1) is 23.0. The van der Waals surface area contributed by atoms with Gasteiger partial charge in [-0.1, -0.05) is 48.0 Å². The maximum Gasteiger partial charge on any atom is 0.266 e. The zero-order valence-corrected chi connectivity index (χ0v) is 20.2. The Hall–Kier alpha value is -3.14. The zero-order valence-electron chi connectivity index (χ0n) is 20.2. The van der Waals surface area contributed by atoms with Crippen molar-refractivity contribution in [1.82, 2.24) is 9.88 Å². The number of pyridine rings is 1. The molecule has 0 saturated carbocycles. The Morgan fingerprint density at radius 3 is 2.48 bits per heavy atom. The van der Waals surface area contributed by atoms with E-state index in [-0.39, 0.29) is 11.8 Å². The largest absolute Gasteiger partial charge is 0.478 e. The molecular formula is C29H34N2O2. The van der Waals surface area contributed by atoms with Gasteiger partial charge in [0, 0.05) is 30.9 Å². The number of aromatic nitrogens is 1. The summed E-state index contributed by atoms with van der Waals surface area (Å²) >= 11 is 0. The number of hydrogen-bond acceptors (Lipinski definition) is 3. The molecule has 1 atom stereocenters. The molecule has 4 heteroatoms. The van der Waals surface area contributed by atoms with E-state index in [9.17, 15) is 4.79 Å². The number of nitrogens with zero attached hydrogens (tertiary/aromatic N) is 2. The van der Waals surface area contributed by atoms with Crippen molar-refractivity contribution in [1.29, 1.82) is 0 Å². The molecule has 0 N–H and O–H groups in total. The molecule has 1 amide bonds. The van der Waals surface area contributed by atoms with Gasteiger partial charge >= 0.3 is 0 Å². The van der Waals surface area contributed by atoms with E-state index in [2.05, 4.69) is 43.3 Å². The molecule has 1 unspecified atom stereocenters. The molecule has 1 aliphatic heterocycles. The number of benzene rings is 2. The third-order valence-corrected chi connectivity index (χ3v) is 6.34. The van der Waals surface area contributed by atoms with Gasteiger partial charge in [0.05, 0.1) is 0 Å². The first-order chi connectivity index (χ1) is 15.8. The van der Waals surface area contributed by atoms with Crippen LogP contribution in [0.2, 0.25) is 0 Å². The van der Waals surface area contributed by atoms with Crippen molar-refractivity contribution < 1.29 is 9.53 Å². The van der Waals surface area contributed by atoms with E-state index in [4.69, 9.17) is 9.72 Å². The van der Waals surface area contributed by atoms with Crippen LogP contribution in [0, 0.1) is 13.8 Å². The average molecular weight is 443 g/mol. The Morgan fingerprint density at radius 2 is 1.79 bits per heavy atom. The molecule has 1 saturated heterocycles. The highest BCUT2D eigenvalue weighted by atomic mass is 16.5. The van der Waals surface area contributed by atoms with Crippen molar-refractivity contribution in [3.05, 3.63) is 94.8 Å². The number of amides is 1. The third kappa shape index (κ3) is 5.81. The van der Waals surface area contributed by atoms with Gasteiger partial charge in [-0.15, -0.1) is 0 Å². The van der Waals surface area contributed by atoms with Gasteiger partial charge in [0.15, 0.2) is 5.60 Å². The van der Waals surface area contributed by atoms with Crippen LogP contribution in [-0.2, 0) is 11.2 Å². The van der Waals surface area contributed by atoms with Gasteiger partial charge in [0.25, 0.3) is 5.91 Å². The van der Waals surface area contributed by atoms with Crippen LogP contribution in [0.3, 0.4) is 0 Å². The lowest BCUT2D eigenvalue weighted by Crippen LogP contribution is -2.51. The Balaban J connectivity index is 1.40. The Kier molecular flexibility index (Phi) is 6.83. The summed E-state index contributed by atoms with van der Waals surface area (Å²) in [4.78, 5) is 20.1. The third-order valence-electron chi connectivity index (χ3n) is 6.34. The number of rotatable bonds is 6. The minimum atomic E-state index is -0.916. The fourth-order valence-corrected chi connectivity index (χ4v) is 4.64. The van der Waals surface area contributed by atoms with Gasteiger partial charge in [-0.05, 0) is 81.8 Å². The van der Waals surface area contributed by atoms with E-state index < -0.39 is 5.60 Å². The number of carbonyl (C=O) groups is 1. The van der Waals surface area contributed by atoms with Crippen molar-refractivity contribution in [2.45, 2.75) is 58.5 Å². The number of piperidine rings is 1. The second-order valence-electron chi connectivity index (χ2n) is 9.78. The molecular weight excluding hydrogens is 408 g/mol. The first-order valence-electron chi connectivity index (χ1n) is 11.9. The molecule has 0 radical (unpaired) electrons. The monoisotopic (exact) mass is 442 g/mol. The smallest absolute Gasteiger partial charge is 0.266 e. The van der Waals surface area contributed by atoms with Crippen LogP contribution in [0.1, 0.15) is 60.6 Å². The second kappa shape index (κ2) is 9.78.